The predicted octanol–water partition coefficient (Wildman–Crippen LogP) is 2.91. The zero-order valence-electron chi connectivity index (χ0n) is 5.09. The maximum absolute atomic E-state index is 11.9. The number of rotatable bonds is 1. The van der Waals surface area contributed by atoms with Crippen LogP contribution in [0.1, 0.15) is 12.0 Å². The summed E-state index contributed by atoms with van der Waals surface area (Å²) in [6.07, 6.45) is -2.38. The highest BCUT2D eigenvalue weighted by atomic mass is 32.1. The smallest absolute Gasteiger partial charge is 0.205 e. The third kappa shape index (κ3) is 1.70. The Morgan fingerprint density at radius 3 is 2.00 bits per heavy atom. The second-order valence-corrected chi connectivity index (χ2v) is 2.41. The summed E-state index contributed by atoms with van der Waals surface area (Å²) in [5, 5.41) is 0. The van der Waals surface area contributed by atoms with Crippen LogP contribution in [0.3, 0.4) is 0 Å². The molecule has 1 aromatic rings. The fraction of sp³-hybridized carbons (Fsp3) is 0.143. The molecule has 0 bridgehead atoms. The lowest BCUT2D eigenvalue weighted by Gasteiger charge is -1.97. The monoisotopic (exact) mass is 160 g/mol. The van der Waals surface area contributed by atoms with Crippen molar-refractivity contribution in [3.05, 3.63) is 29.8 Å². The maximum Gasteiger partial charge on any atom is 0.263 e. The van der Waals surface area contributed by atoms with E-state index in [0.717, 1.165) is 0 Å². The summed E-state index contributed by atoms with van der Waals surface area (Å²) >= 11 is 3.96. The van der Waals surface area contributed by atoms with Gasteiger partial charge in [-0.3, -0.25) is 0 Å². The summed E-state index contributed by atoms with van der Waals surface area (Å²) in [6.45, 7) is 0. The van der Waals surface area contributed by atoms with Crippen LogP contribution in [0.25, 0.3) is 0 Å². The lowest BCUT2D eigenvalue weighted by molar-refractivity contribution is 0.151. The quantitative estimate of drug-likeness (QED) is 0.600. The molecule has 0 aliphatic heterocycles. The normalized spacial score (nSPS) is 10.4. The number of halogens is 2. The summed E-state index contributed by atoms with van der Waals surface area (Å²) in [7, 11) is 0. The molecule has 0 heterocycles. The van der Waals surface area contributed by atoms with Gasteiger partial charge in [0, 0.05) is 10.5 Å². The molecule has 0 radical (unpaired) electrons. The Labute approximate surface area is 63.3 Å². The molecule has 0 fully saturated rings. The molecule has 0 N–H and O–H groups in total. The average Bonchev–Trinajstić information content (AvgIpc) is 1.88. The van der Waals surface area contributed by atoms with E-state index in [-0.39, 0.29) is 5.56 Å². The Morgan fingerprint density at radius 2 is 1.60 bits per heavy atom. The molecule has 0 saturated carbocycles. The third-order valence-electron chi connectivity index (χ3n) is 1.15. The van der Waals surface area contributed by atoms with Crippen LogP contribution in [0.2, 0.25) is 0 Å². The number of hydrogen-bond acceptors (Lipinski definition) is 1. The summed E-state index contributed by atoms with van der Waals surface area (Å²) in [4.78, 5) is 0.699. The van der Waals surface area contributed by atoms with Crippen LogP contribution in [-0.4, -0.2) is 0 Å². The standard InChI is InChI=1S/C7H6F2S/c8-7(9)5-1-3-6(10)4-2-5/h1-4,7,10H. The van der Waals surface area contributed by atoms with Gasteiger partial charge in [0.05, 0.1) is 0 Å². The van der Waals surface area contributed by atoms with E-state index in [1.54, 1.807) is 12.1 Å². The molecular weight excluding hydrogens is 154 g/mol. The van der Waals surface area contributed by atoms with E-state index in [1.165, 1.54) is 12.1 Å². The summed E-state index contributed by atoms with van der Waals surface area (Å²) in [5.41, 5.74) is 0.0396. The van der Waals surface area contributed by atoms with Gasteiger partial charge in [-0.25, -0.2) is 8.78 Å². The van der Waals surface area contributed by atoms with Gasteiger partial charge in [-0.2, -0.15) is 0 Å². The second-order valence-electron chi connectivity index (χ2n) is 1.89. The predicted molar refractivity (Wildman–Crippen MR) is 38.7 cm³/mol. The Balaban J connectivity index is 2.89. The van der Waals surface area contributed by atoms with Gasteiger partial charge in [0.2, 0.25) is 0 Å². The lowest BCUT2D eigenvalue weighted by atomic mass is 10.2. The molecule has 0 aliphatic rings. The van der Waals surface area contributed by atoms with E-state index >= 15 is 0 Å². The van der Waals surface area contributed by atoms with Crippen molar-refractivity contribution in [2.75, 3.05) is 0 Å². The number of alkyl halides is 2. The molecule has 0 nitrogen and oxygen atoms in total. The summed E-state index contributed by atoms with van der Waals surface area (Å²) < 4.78 is 23.7. The highest BCUT2D eigenvalue weighted by Crippen LogP contribution is 2.19. The molecule has 54 valence electrons. The molecular formula is C7H6F2S. The molecule has 0 spiro atoms. The first-order valence-electron chi connectivity index (χ1n) is 2.77. The largest absolute Gasteiger partial charge is 0.263 e. The minimum Gasteiger partial charge on any atom is -0.205 e. The van der Waals surface area contributed by atoms with Crippen LogP contribution < -0.4 is 0 Å². The lowest BCUT2D eigenvalue weighted by Crippen LogP contribution is -1.81. The molecule has 1 aromatic carbocycles. The van der Waals surface area contributed by atoms with Crippen LogP contribution in [0.4, 0.5) is 8.78 Å². The van der Waals surface area contributed by atoms with Gasteiger partial charge in [-0.15, -0.1) is 12.6 Å². The minimum absolute atomic E-state index is 0.0396. The van der Waals surface area contributed by atoms with Crippen molar-refractivity contribution >= 4 is 12.6 Å². The molecule has 0 atom stereocenters. The first-order valence-corrected chi connectivity index (χ1v) is 3.22. The third-order valence-corrected chi connectivity index (χ3v) is 1.44. The van der Waals surface area contributed by atoms with Crippen molar-refractivity contribution in [3.63, 3.8) is 0 Å². The molecule has 0 saturated heterocycles. The molecule has 0 unspecified atom stereocenters. The van der Waals surface area contributed by atoms with Gasteiger partial charge in [-0.05, 0) is 12.1 Å². The number of benzene rings is 1. The Bertz CT molecular complexity index is 205. The van der Waals surface area contributed by atoms with E-state index < -0.39 is 6.43 Å². The summed E-state index contributed by atoms with van der Waals surface area (Å²) in [6, 6.07) is 5.83. The minimum atomic E-state index is -2.38. The number of thiol groups is 1. The average molecular weight is 160 g/mol. The zero-order chi connectivity index (χ0) is 7.56. The molecule has 10 heavy (non-hydrogen) atoms. The summed E-state index contributed by atoms with van der Waals surface area (Å²) in [5.74, 6) is 0. The first-order chi connectivity index (χ1) is 4.70. The molecule has 0 aromatic heterocycles. The topological polar surface area (TPSA) is 0 Å². The van der Waals surface area contributed by atoms with Gasteiger partial charge >= 0.3 is 0 Å². The van der Waals surface area contributed by atoms with Crippen molar-refractivity contribution in [2.45, 2.75) is 11.3 Å². The highest BCUT2D eigenvalue weighted by molar-refractivity contribution is 7.80. The molecule has 1 rings (SSSR count). The van der Waals surface area contributed by atoms with Gasteiger partial charge in [0.15, 0.2) is 0 Å². The molecule has 3 heteroatoms. The zero-order valence-corrected chi connectivity index (χ0v) is 5.98. The molecule has 0 amide bonds. The van der Waals surface area contributed by atoms with Crippen LogP contribution in [0.15, 0.2) is 29.2 Å². The van der Waals surface area contributed by atoms with Crippen LogP contribution in [0, 0.1) is 0 Å². The second kappa shape index (κ2) is 3.01. The fourth-order valence-electron chi connectivity index (χ4n) is 0.620. The highest BCUT2D eigenvalue weighted by Gasteiger charge is 2.04. The van der Waals surface area contributed by atoms with E-state index in [4.69, 9.17) is 0 Å². The Morgan fingerprint density at radius 1 is 1.10 bits per heavy atom. The van der Waals surface area contributed by atoms with Crippen LogP contribution >= 0.6 is 12.6 Å². The van der Waals surface area contributed by atoms with Crippen molar-refractivity contribution in [1.29, 1.82) is 0 Å². The van der Waals surface area contributed by atoms with E-state index in [0.29, 0.717) is 4.90 Å². The van der Waals surface area contributed by atoms with Crippen LogP contribution in [-0.2, 0) is 0 Å². The SMILES string of the molecule is FC(F)c1ccc(S)cc1. The van der Waals surface area contributed by atoms with E-state index in [9.17, 15) is 8.78 Å². The van der Waals surface area contributed by atoms with Crippen molar-refractivity contribution in [3.8, 4) is 0 Å². The maximum atomic E-state index is 11.9. The van der Waals surface area contributed by atoms with Gasteiger partial charge in [0.25, 0.3) is 6.43 Å². The van der Waals surface area contributed by atoms with E-state index in [1.807, 2.05) is 0 Å². The van der Waals surface area contributed by atoms with Gasteiger partial charge in [0.1, 0.15) is 0 Å². The van der Waals surface area contributed by atoms with Gasteiger partial charge < -0.3 is 0 Å². The van der Waals surface area contributed by atoms with E-state index in [2.05, 4.69) is 12.6 Å². The Kier molecular flexibility index (Phi) is 2.27. The van der Waals surface area contributed by atoms with Gasteiger partial charge in [-0.1, -0.05) is 12.1 Å². The first kappa shape index (κ1) is 7.54. The van der Waals surface area contributed by atoms with Crippen molar-refractivity contribution < 1.29 is 8.78 Å². The van der Waals surface area contributed by atoms with Crippen LogP contribution in [0.5, 0.6) is 0 Å². The van der Waals surface area contributed by atoms with Crippen molar-refractivity contribution in [2.24, 2.45) is 0 Å². The Hall–Kier alpha value is -0.570. The number of hydrogen-bond donors (Lipinski definition) is 1. The molecule has 0 aliphatic carbocycles. The fourth-order valence-corrected chi connectivity index (χ4v) is 0.769. The van der Waals surface area contributed by atoms with Crippen molar-refractivity contribution in [1.82, 2.24) is 0 Å².